The lowest BCUT2D eigenvalue weighted by atomic mass is 10.0. The van der Waals surface area contributed by atoms with Gasteiger partial charge < -0.3 is 25.3 Å². The van der Waals surface area contributed by atoms with Crippen LogP contribution in [0.1, 0.15) is 24.2 Å². The van der Waals surface area contributed by atoms with Crippen molar-refractivity contribution in [1.29, 1.82) is 0 Å². The summed E-state index contributed by atoms with van der Waals surface area (Å²) in [6.07, 6.45) is 0. The minimum Gasteiger partial charge on any atom is -0.493 e. The number of nitrogens with one attached hydrogen (secondary N) is 1. The number of carbonyl (C=O) groups is 1. The molecule has 1 amide bonds. The molecule has 0 heterocycles. The first kappa shape index (κ1) is 16.1. The Labute approximate surface area is 119 Å². The number of rotatable bonds is 6. The second kappa shape index (κ2) is 6.47. The van der Waals surface area contributed by atoms with Crippen molar-refractivity contribution in [2.45, 2.75) is 19.4 Å². The summed E-state index contributed by atoms with van der Waals surface area (Å²) >= 11 is 0. The van der Waals surface area contributed by atoms with E-state index in [2.05, 4.69) is 5.32 Å². The highest BCUT2D eigenvalue weighted by Crippen LogP contribution is 2.38. The number of methoxy groups -OCH3 is 3. The van der Waals surface area contributed by atoms with Gasteiger partial charge in [-0.2, -0.15) is 0 Å². The molecular weight excluding hydrogens is 260 g/mol. The monoisotopic (exact) mass is 282 g/mol. The van der Waals surface area contributed by atoms with Crippen LogP contribution in [0.4, 0.5) is 0 Å². The van der Waals surface area contributed by atoms with E-state index in [4.69, 9.17) is 19.9 Å². The number of benzene rings is 1. The van der Waals surface area contributed by atoms with E-state index in [0.717, 1.165) is 0 Å². The topological polar surface area (TPSA) is 82.8 Å². The normalized spacial score (nSPS) is 10.9. The van der Waals surface area contributed by atoms with Gasteiger partial charge in [0.15, 0.2) is 11.5 Å². The van der Waals surface area contributed by atoms with Gasteiger partial charge in [-0.15, -0.1) is 0 Å². The highest BCUT2D eigenvalue weighted by molar-refractivity contribution is 5.96. The molecular formula is C14H22N2O4. The van der Waals surface area contributed by atoms with Gasteiger partial charge in [0, 0.05) is 17.6 Å². The summed E-state index contributed by atoms with van der Waals surface area (Å²) < 4.78 is 15.6. The Hall–Kier alpha value is -1.95. The van der Waals surface area contributed by atoms with E-state index in [9.17, 15) is 4.79 Å². The Bertz CT molecular complexity index is 461. The second-order valence-electron chi connectivity index (χ2n) is 4.96. The fraction of sp³-hybridized carbons (Fsp3) is 0.500. The molecule has 0 aliphatic rings. The molecule has 0 aliphatic heterocycles. The predicted molar refractivity (Wildman–Crippen MR) is 76.7 cm³/mol. The summed E-state index contributed by atoms with van der Waals surface area (Å²) in [6, 6.07) is 3.20. The quantitative estimate of drug-likeness (QED) is 0.818. The molecule has 0 bridgehead atoms. The highest BCUT2D eigenvalue weighted by atomic mass is 16.5. The molecule has 0 aromatic heterocycles. The zero-order valence-corrected chi connectivity index (χ0v) is 12.6. The maximum atomic E-state index is 12.2. The third kappa shape index (κ3) is 3.54. The van der Waals surface area contributed by atoms with E-state index >= 15 is 0 Å². The molecule has 0 unspecified atom stereocenters. The minimum absolute atomic E-state index is 0.250. The van der Waals surface area contributed by atoms with E-state index in [0.29, 0.717) is 29.4 Å². The Morgan fingerprint density at radius 1 is 1.15 bits per heavy atom. The zero-order valence-electron chi connectivity index (χ0n) is 12.6. The highest BCUT2D eigenvalue weighted by Gasteiger charge is 2.22. The number of carbonyl (C=O) groups excluding carboxylic acids is 1. The van der Waals surface area contributed by atoms with Crippen LogP contribution >= 0.6 is 0 Å². The zero-order chi connectivity index (χ0) is 15.3. The van der Waals surface area contributed by atoms with Gasteiger partial charge in [0.2, 0.25) is 5.75 Å². The summed E-state index contributed by atoms with van der Waals surface area (Å²) in [5.74, 6) is 1.06. The smallest absolute Gasteiger partial charge is 0.252 e. The molecule has 0 atom stereocenters. The van der Waals surface area contributed by atoms with Crippen molar-refractivity contribution in [3.05, 3.63) is 17.7 Å². The third-order valence-electron chi connectivity index (χ3n) is 2.89. The van der Waals surface area contributed by atoms with Crippen LogP contribution in [0.25, 0.3) is 0 Å². The van der Waals surface area contributed by atoms with Gasteiger partial charge >= 0.3 is 0 Å². The molecule has 3 N–H and O–H groups in total. The molecule has 20 heavy (non-hydrogen) atoms. The van der Waals surface area contributed by atoms with Gasteiger partial charge in [-0.05, 0) is 26.0 Å². The van der Waals surface area contributed by atoms with Crippen LogP contribution in [0.15, 0.2) is 12.1 Å². The standard InChI is InChI=1S/C14H22N2O4/c1-14(2,8-15)16-13(17)9-6-10(18-3)12(20-5)11(7-9)19-4/h6-7H,8,15H2,1-5H3,(H,16,17). The first-order chi connectivity index (χ1) is 9.38. The molecule has 0 saturated heterocycles. The van der Waals surface area contributed by atoms with Crippen molar-refractivity contribution in [1.82, 2.24) is 5.32 Å². The number of hydrogen-bond acceptors (Lipinski definition) is 5. The number of amides is 1. The van der Waals surface area contributed by atoms with Crippen molar-refractivity contribution in [3.8, 4) is 17.2 Å². The second-order valence-corrected chi connectivity index (χ2v) is 4.96. The summed E-state index contributed by atoms with van der Waals surface area (Å²) in [4.78, 5) is 12.2. The van der Waals surface area contributed by atoms with Gasteiger partial charge in [-0.1, -0.05) is 0 Å². The molecule has 1 aromatic rings. The third-order valence-corrected chi connectivity index (χ3v) is 2.89. The first-order valence-corrected chi connectivity index (χ1v) is 6.21. The van der Waals surface area contributed by atoms with E-state index in [1.165, 1.54) is 21.3 Å². The predicted octanol–water partition coefficient (Wildman–Crippen LogP) is 1.18. The molecule has 112 valence electrons. The van der Waals surface area contributed by atoms with Crippen LogP contribution in [0.2, 0.25) is 0 Å². The number of hydrogen-bond donors (Lipinski definition) is 2. The van der Waals surface area contributed by atoms with E-state index in [1.54, 1.807) is 12.1 Å². The largest absolute Gasteiger partial charge is 0.493 e. The summed E-state index contributed by atoms with van der Waals surface area (Å²) in [6.45, 7) is 4.04. The average Bonchev–Trinajstić information content (AvgIpc) is 2.44. The fourth-order valence-electron chi connectivity index (χ4n) is 1.64. The van der Waals surface area contributed by atoms with Crippen molar-refractivity contribution in [2.24, 2.45) is 5.73 Å². The molecule has 6 nitrogen and oxygen atoms in total. The fourth-order valence-corrected chi connectivity index (χ4v) is 1.64. The minimum atomic E-state index is -0.489. The Kier molecular flexibility index (Phi) is 5.21. The number of ether oxygens (including phenoxy) is 3. The summed E-state index contributed by atoms with van der Waals surface area (Å²) in [5.41, 5.74) is 5.54. The van der Waals surface area contributed by atoms with Crippen LogP contribution < -0.4 is 25.3 Å². The van der Waals surface area contributed by atoms with Gasteiger partial charge in [0.1, 0.15) is 0 Å². The summed E-state index contributed by atoms with van der Waals surface area (Å²) in [5, 5.41) is 2.85. The molecule has 0 aliphatic carbocycles. The van der Waals surface area contributed by atoms with Crippen LogP contribution in [0.3, 0.4) is 0 Å². The van der Waals surface area contributed by atoms with Crippen molar-refractivity contribution in [3.63, 3.8) is 0 Å². The van der Waals surface area contributed by atoms with Gasteiger partial charge in [0.25, 0.3) is 5.91 Å². The molecule has 1 rings (SSSR count). The SMILES string of the molecule is COc1cc(C(=O)NC(C)(C)CN)cc(OC)c1OC. The Balaban J connectivity index is 3.16. The van der Waals surface area contributed by atoms with Gasteiger partial charge in [-0.3, -0.25) is 4.79 Å². The van der Waals surface area contributed by atoms with Gasteiger partial charge in [0.05, 0.1) is 21.3 Å². The van der Waals surface area contributed by atoms with Crippen LogP contribution in [-0.2, 0) is 0 Å². The average molecular weight is 282 g/mol. The molecule has 0 fully saturated rings. The van der Waals surface area contributed by atoms with Crippen LogP contribution in [0, 0.1) is 0 Å². The van der Waals surface area contributed by atoms with E-state index in [-0.39, 0.29) is 5.91 Å². The Morgan fingerprint density at radius 2 is 1.65 bits per heavy atom. The van der Waals surface area contributed by atoms with Crippen LogP contribution in [0.5, 0.6) is 17.2 Å². The van der Waals surface area contributed by atoms with Crippen LogP contribution in [-0.4, -0.2) is 39.3 Å². The van der Waals surface area contributed by atoms with Crippen molar-refractivity contribution >= 4 is 5.91 Å². The first-order valence-electron chi connectivity index (χ1n) is 6.21. The molecule has 1 aromatic carbocycles. The van der Waals surface area contributed by atoms with E-state index in [1.807, 2.05) is 13.8 Å². The lowest BCUT2D eigenvalue weighted by Gasteiger charge is -2.24. The molecule has 0 radical (unpaired) electrons. The van der Waals surface area contributed by atoms with E-state index < -0.39 is 5.54 Å². The molecule has 0 spiro atoms. The molecule has 6 heteroatoms. The number of nitrogens with two attached hydrogens (primary N) is 1. The lowest BCUT2D eigenvalue weighted by molar-refractivity contribution is 0.0915. The molecule has 0 saturated carbocycles. The maximum Gasteiger partial charge on any atom is 0.252 e. The summed E-state index contributed by atoms with van der Waals surface area (Å²) in [7, 11) is 4.52. The maximum absolute atomic E-state index is 12.2. The van der Waals surface area contributed by atoms with Gasteiger partial charge in [-0.25, -0.2) is 0 Å². The Morgan fingerprint density at radius 3 is 2.00 bits per heavy atom. The lowest BCUT2D eigenvalue weighted by Crippen LogP contribution is -2.48. The van der Waals surface area contributed by atoms with Crippen molar-refractivity contribution in [2.75, 3.05) is 27.9 Å². The van der Waals surface area contributed by atoms with Crippen molar-refractivity contribution < 1.29 is 19.0 Å².